The van der Waals surface area contributed by atoms with Crippen LogP contribution in [0.15, 0.2) is 24.3 Å². The van der Waals surface area contributed by atoms with Crippen molar-refractivity contribution in [1.82, 2.24) is 0 Å². The molecule has 0 saturated carbocycles. The molecule has 0 aromatic rings. The van der Waals surface area contributed by atoms with E-state index in [2.05, 4.69) is 31.2 Å². The minimum absolute atomic E-state index is 0.0577. The second-order valence-electron chi connectivity index (χ2n) is 10.4. The highest BCUT2D eigenvalue weighted by Gasteiger charge is 2.48. The zero-order valence-corrected chi connectivity index (χ0v) is 22.4. The number of hydrogen-bond acceptors (Lipinski definition) is 2. The maximum absolute atomic E-state index is 11.8. The summed E-state index contributed by atoms with van der Waals surface area (Å²) in [4.78, 5) is 19.2. The summed E-state index contributed by atoms with van der Waals surface area (Å²) in [5, 5.41) is 8.63. The lowest BCUT2D eigenvalue weighted by molar-refractivity contribution is -0.875. The Hall–Kier alpha value is -0.450. The average molecular weight is 475 g/mol. The normalized spacial score (nSPS) is 15.1. The number of nitrogens with zero attached hydrogens (tertiary/aromatic N) is 1. The number of allylic oxidation sites excluding steroid dienone is 4. The lowest BCUT2D eigenvalue weighted by Gasteiger charge is -2.35. The number of likely N-dealkylation sites (N-methyl/N-ethyl adjacent to an activating group) is 1. The largest absolute Gasteiger partial charge is 0.373 e. The molecule has 0 saturated heterocycles. The summed E-state index contributed by atoms with van der Waals surface area (Å²) in [6, 6.07) is 0. The Balaban J connectivity index is 3.63. The fourth-order valence-corrected chi connectivity index (χ4v) is 5.03. The van der Waals surface area contributed by atoms with Gasteiger partial charge in [0.05, 0.1) is 21.1 Å². The van der Waals surface area contributed by atoms with Gasteiger partial charge in [-0.15, -0.1) is 0 Å². The molecule has 6 heteroatoms. The van der Waals surface area contributed by atoms with Gasteiger partial charge in [0.2, 0.25) is 5.34 Å². The molecule has 3 N–H and O–H groups in total. The van der Waals surface area contributed by atoms with Crippen LogP contribution in [0, 0.1) is 0 Å². The third kappa shape index (κ3) is 18.0. The van der Waals surface area contributed by atoms with Crippen LogP contribution in [0.25, 0.3) is 0 Å². The molecule has 5 nitrogen and oxygen atoms in total. The fourth-order valence-electron chi connectivity index (χ4n) is 3.97. The van der Waals surface area contributed by atoms with Crippen molar-refractivity contribution in [2.24, 2.45) is 0 Å². The smallest absolute Gasteiger partial charge is 0.362 e. The molecule has 0 bridgehead atoms. The minimum atomic E-state index is -4.55. The molecule has 0 radical (unpaired) electrons. The monoisotopic (exact) mass is 474 g/mol. The second-order valence-corrected chi connectivity index (χ2v) is 12.3. The summed E-state index contributed by atoms with van der Waals surface area (Å²) in [7, 11) is 0.968. The predicted octanol–water partition coefficient (Wildman–Crippen LogP) is 6.93. The first-order valence-corrected chi connectivity index (χ1v) is 14.5. The van der Waals surface area contributed by atoms with Gasteiger partial charge in [0.15, 0.2) is 0 Å². The van der Waals surface area contributed by atoms with E-state index in [-0.39, 0.29) is 13.0 Å². The number of quaternary nitrogens is 1. The van der Waals surface area contributed by atoms with Crippen LogP contribution in [0.5, 0.6) is 0 Å². The Bertz CT molecular complexity index is 551. The molecule has 0 aliphatic carbocycles. The molecule has 0 aliphatic rings. The van der Waals surface area contributed by atoms with Crippen LogP contribution < -0.4 is 0 Å². The molecule has 0 spiro atoms. The van der Waals surface area contributed by atoms with E-state index in [0.29, 0.717) is 10.9 Å². The van der Waals surface area contributed by atoms with Crippen molar-refractivity contribution < 1.29 is 23.9 Å². The quantitative estimate of drug-likeness (QED) is 0.0729. The predicted molar refractivity (Wildman–Crippen MR) is 138 cm³/mol. The van der Waals surface area contributed by atoms with Gasteiger partial charge in [-0.3, -0.25) is 4.57 Å². The minimum Gasteiger partial charge on any atom is -0.373 e. The van der Waals surface area contributed by atoms with Crippen LogP contribution in [0.3, 0.4) is 0 Å². The van der Waals surface area contributed by atoms with Crippen molar-refractivity contribution >= 4 is 7.60 Å². The third-order valence-corrected chi connectivity index (χ3v) is 7.20. The highest BCUT2D eigenvalue weighted by Crippen LogP contribution is 2.52. The van der Waals surface area contributed by atoms with E-state index < -0.39 is 12.9 Å². The van der Waals surface area contributed by atoms with E-state index in [1.165, 1.54) is 70.6 Å². The van der Waals surface area contributed by atoms with E-state index >= 15 is 0 Å². The van der Waals surface area contributed by atoms with Crippen LogP contribution in [0.2, 0.25) is 0 Å². The van der Waals surface area contributed by atoms with E-state index in [4.69, 9.17) is 0 Å². The van der Waals surface area contributed by atoms with Crippen LogP contribution in [0.4, 0.5) is 0 Å². The zero-order chi connectivity index (χ0) is 24.3. The van der Waals surface area contributed by atoms with Gasteiger partial charge < -0.3 is 19.4 Å². The summed E-state index contributed by atoms with van der Waals surface area (Å²) in [5.74, 6) is 0. The molecule has 1 atom stereocenters. The number of unbranched alkanes of at least 4 members (excludes halogenated alkanes) is 12. The first-order chi connectivity index (χ1) is 15.0. The Labute approximate surface area is 198 Å². The van der Waals surface area contributed by atoms with E-state index in [9.17, 15) is 19.5 Å². The van der Waals surface area contributed by atoms with E-state index in [0.717, 1.165) is 19.3 Å². The summed E-state index contributed by atoms with van der Waals surface area (Å²) in [6.07, 6.45) is 26.9. The third-order valence-electron chi connectivity index (χ3n) is 5.75. The van der Waals surface area contributed by atoms with Crippen molar-refractivity contribution in [1.29, 1.82) is 0 Å². The summed E-state index contributed by atoms with van der Waals surface area (Å²) in [5.41, 5.74) is 0. The van der Waals surface area contributed by atoms with E-state index in [1.54, 1.807) is 0 Å². The Morgan fingerprint density at radius 3 is 1.47 bits per heavy atom. The van der Waals surface area contributed by atoms with Gasteiger partial charge in [-0.2, -0.15) is 0 Å². The van der Waals surface area contributed by atoms with Crippen molar-refractivity contribution in [2.75, 3.05) is 27.7 Å². The van der Waals surface area contributed by atoms with Crippen LogP contribution in [-0.4, -0.2) is 52.4 Å². The number of hydrogen-bond donors (Lipinski definition) is 3. The molecule has 0 aromatic heterocycles. The van der Waals surface area contributed by atoms with Gasteiger partial charge in [-0.25, -0.2) is 0 Å². The maximum atomic E-state index is 11.8. The highest BCUT2D eigenvalue weighted by molar-refractivity contribution is 7.53. The van der Waals surface area contributed by atoms with Crippen LogP contribution >= 0.6 is 7.60 Å². The zero-order valence-electron chi connectivity index (χ0n) is 21.5. The lowest BCUT2D eigenvalue weighted by atomic mass is 10.0. The molecular formula is C26H53NO4P+. The van der Waals surface area contributed by atoms with Crippen molar-refractivity contribution in [3.05, 3.63) is 24.3 Å². The molecule has 0 fully saturated rings. The SMILES string of the molecule is CCC/C=C\CCCC/C=C\CCCCCCCCCCC(O)(C[N+](C)(C)C)P(=O)(O)O. The Morgan fingerprint density at radius 2 is 1.06 bits per heavy atom. The highest BCUT2D eigenvalue weighted by atomic mass is 31.2. The van der Waals surface area contributed by atoms with E-state index in [1.807, 2.05) is 21.1 Å². The van der Waals surface area contributed by atoms with Gasteiger partial charge >= 0.3 is 7.60 Å². The van der Waals surface area contributed by atoms with Crippen molar-refractivity contribution in [3.8, 4) is 0 Å². The number of aliphatic hydroxyl groups is 1. The Kier molecular flexibility index (Phi) is 17.7. The van der Waals surface area contributed by atoms with Gasteiger partial charge in [0, 0.05) is 0 Å². The Morgan fingerprint density at radius 1 is 0.688 bits per heavy atom. The first kappa shape index (κ1) is 31.6. The van der Waals surface area contributed by atoms with Gasteiger partial charge in [-0.05, 0) is 57.8 Å². The van der Waals surface area contributed by atoms with Gasteiger partial charge in [0.1, 0.15) is 6.54 Å². The first-order valence-electron chi connectivity index (χ1n) is 12.9. The lowest BCUT2D eigenvalue weighted by Crippen LogP contribution is -2.49. The molecule has 0 amide bonds. The summed E-state index contributed by atoms with van der Waals surface area (Å²) < 4.78 is 12.1. The standard InChI is InChI=1S/C26H52NO4P/c1-5-6-7-8-9-10-11-12-13-14-15-16-17-18-19-20-21-22-23-24-26(28,32(29,30)31)25-27(2,3)4/h7-8,13-14,28H,5-6,9-12,15-25H2,1-4H3,(H-,29,30,31)/p+1/b8-7-,14-13-. The molecule has 190 valence electrons. The molecular weight excluding hydrogens is 421 g/mol. The topological polar surface area (TPSA) is 77.8 Å². The maximum Gasteiger partial charge on any atom is 0.362 e. The van der Waals surface area contributed by atoms with Gasteiger partial charge in [0.25, 0.3) is 0 Å². The molecule has 0 aliphatic heterocycles. The molecule has 1 unspecified atom stereocenters. The molecule has 0 rings (SSSR count). The van der Waals surface area contributed by atoms with Crippen molar-refractivity contribution in [3.63, 3.8) is 0 Å². The van der Waals surface area contributed by atoms with Gasteiger partial charge in [-0.1, -0.05) is 76.2 Å². The van der Waals surface area contributed by atoms with Crippen molar-refractivity contribution in [2.45, 2.75) is 115 Å². The summed E-state index contributed by atoms with van der Waals surface area (Å²) in [6.45, 7) is 2.27. The number of rotatable bonds is 21. The second kappa shape index (κ2) is 18.0. The van der Waals surface area contributed by atoms with Crippen LogP contribution in [0.1, 0.15) is 110 Å². The fraction of sp³-hybridized carbons (Fsp3) is 0.846. The molecule has 0 aromatic carbocycles. The summed E-state index contributed by atoms with van der Waals surface area (Å²) >= 11 is 0. The average Bonchev–Trinajstić information content (AvgIpc) is 2.67. The molecule has 32 heavy (non-hydrogen) atoms. The molecule has 0 heterocycles. The van der Waals surface area contributed by atoms with Crippen LogP contribution in [-0.2, 0) is 4.57 Å².